The average Bonchev–Trinajstić information content (AvgIpc) is 3.01. The fourth-order valence-electron chi connectivity index (χ4n) is 3.93. The maximum Gasteiger partial charge on any atom is 0.0350 e. The molecule has 0 fully saturated rings. The number of hydrogen-bond acceptors (Lipinski definition) is 2. The van der Waals surface area contributed by atoms with Crippen LogP contribution in [0.5, 0.6) is 0 Å². The maximum absolute atomic E-state index is 6.33. The van der Waals surface area contributed by atoms with Crippen molar-refractivity contribution in [3.63, 3.8) is 0 Å². The molecule has 2 nitrogen and oxygen atoms in total. The van der Waals surface area contributed by atoms with Crippen LogP contribution in [0.1, 0.15) is 55.5 Å². The third-order valence-corrected chi connectivity index (χ3v) is 6.18. The van der Waals surface area contributed by atoms with Crippen LogP contribution in [0.4, 0.5) is 0 Å². The van der Waals surface area contributed by atoms with Gasteiger partial charge in [-0.25, -0.2) is 0 Å². The van der Waals surface area contributed by atoms with E-state index < -0.39 is 0 Å². The van der Waals surface area contributed by atoms with E-state index in [1.54, 1.807) is 0 Å². The molecule has 4 aromatic carbocycles. The fourth-order valence-corrected chi connectivity index (χ4v) is 3.93. The third-order valence-electron chi connectivity index (χ3n) is 6.18. The highest BCUT2D eigenvalue weighted by molar-refractivity contribution is 5.75. The molecule has 39 heavy (non-hydrogen) atoms. The molecule has 0 radical (unpaired) electrons. The van der Waals surface area contributed by atoms with E-state index in [-0.39, 0.29) is 0 Å². The van der Waals surface area contributed by atoms with E-state index in [0.29, 0.717) is 6.54 Å². The first kappa shape index (κ1) is 31.1. The molecule has 0 amide bonds. The van der Waals surface area contributed by atoms with Crippen molar-refractivity contribution in [2.75, 3.05) is 0 Å². The van der Waals surface area contributed by atoms with Crippen LogP contribution in [0.2, 0.25) is 0 Å². The van der Waals surface area contributed by atoms with Gasteiger partial charge in [0.1, 0.15) is 0 Å². The number of benzene rings is 4. The molecule has 202 valence electrons. The van der Waals surface area contributed by atoms with Crippen molar-refractivity contribution in [2.45, 2.75) is 47.6 Å². The predicted octanol–water partition coefficient (Wildman–Crippen LogP) is 9.36. The van der Waals surface area contributed by atoms with Crippen molar-refractivity contribution < 1.29 is 0 Å². The fraction of sp³-hybridized carbons (Fsp3) is 0.189. The summed E-state index contributed by atoms with van der Waals surface area (Å²) >= 11 is 0. The van der Waals surface area contributed by atoms with Crippen LogP contribution in [0.15, 0.2) is 127 Å². The Balaban J connectivity index is 0.000000451. The number of allylic oxidation sites excluding steroid dienone is 5. The number of rotatable bonds is 7. The molecule has 4 aromatic rings. The summed E-state index contributed by atoms with van der Waals surface area (Å²) in [5.41, 5.74) is 22.2. The summed E-state index contributed by atoms with van der Waals surface area (Å²) in [4.78, 5) is 0. The van der Waals surface area contributed by atoms with Crippen LogP contribution in [-0.2, 0) is 13.0 Å². The molecule has 0 saturated heterocycles. The van der Waals surface area contributed by atoms with Crippen molar-refractivity contribution in [1.29, 1.82) is 0 Å². The average molecular weight is 517 g/mol. The van der Waals surface area contributed by atoms with E-state index >= 15 is 0 Å². The van der Waals surface area contributed by atoms with Gasteiger partial charge < -0.3 is 11.5 Å². The van der Waals surface area contributed by atoms with Gasteiger partial charge in [0.05, 0.1) is 0 Å². The molecule has 0 aliphatic heterocycles. The lowest BCUT2D eigenvalue weighted by Gasteiger charge is -2.07. The van der Waals surface area contributed by atoms with Crippen LogP contribution >= 0.6 is 0 Å². The second kappa shape index (κ2) is 17.4. The zero-order chi connectivity index (χ0) is 28.5. The molecule has 2 heteroatoms. The zero-order valence-corrected chi connectivity index (χ0v) is 24.2. The minimum Gasteiger partial charge on any atom is -0.398 e. The highest BCUT2D eigenvalue weighted by Gasteiger charge is 2.01. The Bertz CT molecular complexity index is 1310. The molecule has 0 aromatic heterocycles. The molecule has 4 rings (SSSR count). The highest BCUT2D eigenvalue weighted by atomic mass is 14.6. The van der Waals surface area contributed by atoms with Gasteiger partial charge in [-0.1, -0.05) is 147 Å². The van der Waals surface area contributed by atoms with Gasteiger partial charge in [0.15, 0.2) is 0 Å². The maximum atomic E-state index is 6.33. The van der Waals surface area contributed by atoms with Gasteiger partial charge in [0.25, 0.3) is 0 Å². The molecule has 0 spiro atoms. The smallest absolute Gasteiger partial charge is 0.0350 e. The number of hydrogen-bond donors (Lipinski definition) is 2. The van der Waals surface area contributed by atoms with Gasteiger partial charge in [0, 0.05) is 12.2 Å². The Morgan fingerprint density at radius 2 is 1.21 bits per heavy atom. The second-order valence-corrected chi connectivity index (χ2v) is 8.94. The summed E-state index contributed by atoms with van der Waals surface area (Å²) in [5.74, 6) is 0. The van der Waals surface area contributed by atoms with Gasteiger partial charge in [-0.15, -0.1) is 0 Å². The van der Waals surface area contributed by atoms with Crippen molar-refractivity contribution in [3.8, 4) is 11.1 Å². The normalized spacial score (nSPS) is 11.3. The molecular formula is C37H44N2. The first-order valence-electron chi connectivity index (χ1n) is 13.8. The third kappa shape index (κ3) is 10.3. The van der Waals surface area contributed by atoms with E-state index in [1.807, 2.05) is 51.1 Å². The zero-order valence-electron chi connectivity index (χ0n) is 24.2. The lowest BCUT2D eigenvalue weighted by molar-refractivity contribution is 1.07. The van der Waals surface area contributed by atoms with E-state index in [9.17, 15) is 0 Å². The Labute approximate surface area is 236 Å². The second-order valence-electron chi connectivity index (χ2n) is 8.94. The van der Waals surface area contributed by atoms with Gasteiger partial charge in [-0.3, -0.25) is 0 Å². The number of nitrogens with two attached hydrogens (primary N) is 2. The van der Waals surface area contributed by atoms with Crippen LogP contribution in [0, 0.1) is 6.92 Å². The van der Waals surface area contributed by atoms with Crippen LogP contribution in [0.25, 0.3) is 22.4 Å². The summed E-state index contributed by atoms with van der Waals surface area (Å²) in [7, 11) is 0. The summed E-state index contributed by atoms with van der Waals surface area (Å²) in [6.07, 6.45) is 9.21. The monoisotopic (exact) mass is 516 g/mol. The molecule has 0 aliphatic carbocycles. The topological polar surface area (TPSA) is 52.0 Å². The van der Waals surface area contributed by atoms with E-state index in [1.165, 1.54) is 39.0 Å². The van der Waals surface area contributed by atoms with Gasteiger partial charge in [0.2, 0.25) is 0 Å². The van der Waals surface area contributed by atoms with E-state index in [4.69, 9.17) is 11.5 Å². The summed E-state index contributed by atoms with van der Waals surface area (Å²) in [6.45, 7) is 10.8. The SMILES string of the molecule is C/C=C\C(=C/C)c1ccc(/C(N)=C/Cc2ccc(-c3ccc(C)cc3)cc2)cc1.CC.NCc1ccccc1. The van der Waals surface area contributed by atoms with Gasteiger partial charge in [-0.2, -0.15) is 0 Å². The first-order valence-corrected chi connectivity index (χ1v) is 13.8. The Morgan fingerprint density at radius 3 is 1.69 bits per heavy atom. The lowest BCUT2D eigenvalue weighted by Crippen LogP contribution is -1.97. The van der Waals surface area contributed by atoms with Crippen LogP contribution < -0.4 is 11.5 Å². The largest absolute Gasteiger partial charge is 0.398 e. The van der Waals surface area contributed by atoms with Crippen molar-refractivity contribution in [2.24, 2.45) is 11.5 Å². The molecule has 0 bridgehead atoms. The Morgan fingerprint density at radius 1 is 0.667 bits per heavy atom. The minimum absolute atomic E-state index is 0.640. The van der Waals surface area contributed by atoms with Crippen molar-refractivity contribution in [3.05, 3.63) is 155 Å². The minimum atomic E-state index is 0.640. The van der Waals surface area contributed by atoms with Crippen LogP contribution in [0.3, 0.4) is 0 Å². The van der Waals surface area contributed by atoms with Gasteiger partial charge >= 0.3 is 0 Å². The Kier molecular flexibility index (Phi) is 13.9. The van der Waals surface area contributed by atoms with Crippen LogP contribution in [-0.4, -0.2) is 0 Å². The predicted molar refractivity (Wildman–Crippen MR) is 173 cm³/mol. The molecule has 4 N–H and O–H groups in total. The molecular weight excluding hydrogens is 472 g/mol. The first-order chi connectivity index (χ1) is 19.0. The molecule has 0 atom stereocenters. The van der Waals surface area contributed by atoms with E-state index in [0.717, 1.165) is 17.7 Å². The molecule has 0 aliphatic rings. The lowest BCUT2D eigenvalue weighted by atomic mass is 10.0. The summed E-state index contributed by atoms with van der Waals surface area (Å²) in [5, 5.41) is 0. The van der Waals surface area contributed by atoms with E-state index in [2.05, 4.69) is 111 Å². The highest BCUT2D eigenvalue weighted by Crippen LogP contribution is 2.22. The summed E-state index contributed by atoms with van der Waals surface area (Å²) < 4.78 is 0. The number of aryl methyl sites for hydroxylation is 1. The molecule has 0 heterocycles. The molecule has 0 unspecified atom stereocenters. The van der Waals surface area contributed by atoms with Crippen molar-refractivity contribution in [1.82, 2.24) is 0 Å². The Hall–Kier alpha value is -4.14. The standard InChI is InChI=1S/C28H29N.C7H9N.C2H6/c1-4-6-23(5-2)24-16-18-27(19-17-24)28(29)20-11-22-9-14-26(15-10-22)25-12-7-21(3)8-13-25;8-6-7-4-2-1-3-5-7;1-2/h4-10,12-20H,11,29H2,1-3H3;1-5H,6,8H2;1-2H3/b6-4-,23-5+,28-20-;;. The quantitative estimate of drug-likeness (QED) is 0.240. The van der Waals surface area contributed by atoms with Gasteiger partial charge in [-0.05, 0) is 66.1 Å². The molecule has 0 saturated carbocycles. The summed E-state index contributed by atoms with van der Waals surface area (Å²) in [6, 6.07) is 35.8. The van der Waals surface area contributed by atoms with Crippen molar-refractivity contribution >= 4 is 11.3 Å².